The Balaban J connectivity index is 2.44. The third-order valence-electron chi connectivity index (χ3n) is 2.29. The van der Waals surface area contributed by atoms with Crippen LogP contribution in [0.5, 0.6) is 0 Å². The van der Waals surface area contributed by atoms with Crippen molar-refractivity contribution in [1.82, 2.24) is 5.16 Å². The number of sulfonamides is 1. The summed E-state index contributed by atoms with van der Waals surface area (Å²) in [6, 6.07) is 3.42. The van der Waals surface area contributed by atoms with E-state index in [0.29, 0.717) is 5.56 Å². The standard InChI is InChI=1S/C10H10FN3O3S/c1-6-4-7(11)9(5-8(6)12)18(15,16)14-10-2-3-17-13-10/h2-5H,12H2,1H3,(H,13,14). The van der Waals surface area contributed by atoms with E-state index in [2.05, 4.69) is 14.4 Å². The third kappa shape index (κ3) is 2.28. The highest BCUT2D eigenvalue weighted by atomic mass is 32.2. The summed E-state index contributed by atoms with van der Waals surface area (Å²) in [5.74, 6) is -0.911. The molecule has 0 spiro atoms. The average molecular weight is 271 g/mol. The number of nitrogens with two attached hydrogens (primary N) is 1. The van der Waals surface area contributed by atoms with Crippen molar-refractivity contribution in [2.45, 2.75) is 11.8 Å². The molecule has 96 valence electrons. The first-order chi connectivity index (χ1) is 8.40. The molecular formula is C10H10FN3O3S. The highest BCUT2D eigenvalue weighted by molar-refractivity contribution is 7.92. The molecule has 18 heavy (non-hydrogen) atoms. The molecule has 0 aliphatic rings. The molecule has 2 rings (SSSR count). The molecule has 0 saturated heterocycles. The van der Waals surface area contributed by atoms with Crippen LogP contribution in [0, 0.1) is 12.7 Å². The van der Waals surface area contributed by atoms with Crippen LogP contribution in [-0.4, -0.2) is 13.6 Å². The lowest BCUT2D eigenvalue weighted by Gasteiger charge is -2.08. The zero-order valence-electron chi connectivity index (χ0n) is 9.34. The Morgan fingerprint density at radius 1 is 1.44 bits per heavy atom. The smallest absolute Gasteiger partial charge is 0.266 e. The van der Waals surface area contributed by atoms with Crippen LogP contribution in [0.4, 0.5) is 15.9 Å². The Hall–Kier alpha value is -2.09. The molecule has 2 aromatic rings. The molecule has 1 aromatic carbocycles. The van der Waals surface area contributed by atoms with Gasteiger partial charge in [0.2, 0.25) is 0 Å². The van der Waals surface area contributed by atoms with Crippen LogP contribution in [0.15, 0.2) is 33.9 Å². The molecule has 0 aliphatic carbocycles. The molecule has 6 nitrogen and oxygen atoms in total. The number of hydrogen-bond acceptors (Lipinski definition) is 5. The van der Waals surface area contributed by atoms with Crippen LogP contribution < -0.4 is 10.5 Å². The van der Waals surface area contributed by atoms with Crippen molar-refractivity contribution in [3.8, 4) is 0 Å². The van der Waals surface area contributed by atoms with Crippen molar-refractivity contribution < 1.29 is 17.3 Å². The number of halogens is 1. The fourth-order valence-corrected chi connectivity index (χ4v) is 2.42. The van der Waals surface area contributed by atoms with Gasteiger partial charge in [0.1, 0.15) is 17.0 Å². The molecule has 1 aromatic heterocycles. The molecule has 0 fully saturated rings. The summed E-state index contributed by atoms with van der Waals surface area (Å²) in [7, 11) is -4.08. The van der Waals surface area contributed by atoms with Crippen LogP contribution in [0.25, 0.3) is 0 Å². The van der Waals surface area contributed by atoms with Crippen LogP contribution >= 0.6 is 0 Å². The highest BCUT2D eigenvalue weighted by Crippen LogP contribution is 2.23. The largest absolute Gasteiger partial charge is 0.398 e. The third-order valence-corrected chi connectivity index (χ3v) is 3.66. The maximum Gasteiger partial charge on any atom is 0.266 e. The number of aromatic nitrogens is 1. The van der Waals surface area contributed by atoms with Crippen LogP contribution in [0.3, 0.4) is 0 Å². The topological polar surface area (TPSA) is 98.2 Å². The van der Waals surface area contributed by atoms with Gasteiger partial charge in [0.25, 0.3) is 10.0 Å². The van der Waals surface area contributed by atoms with E-state index in [0.717, 1.165) is 12.1 Å². The number of nitrogens with zero attached hydrogens (tertiary/aromatic N) is 1. The van der Waals surface area contributed by atoms with Gasteiger partial charge >= 0.3 is 0 Å². The van der Waals surface area contributed by atoms with E-state index in [-0.39, 0.29) is 11.5 Å². The summed E-state index contributed by atoms with van der Waals surface area (Å²) in [5.41, 5.74) is 6.22. The van der Waals surface area contributed by atoms with Gasteiger partial charge in [0, 0.05) is 11.8 Å². The molecule has 1 heterocycles. The SMILES string of the molecule is Cc1cc(F)c(S(=O)(=O)Nc2ccon2)cc1N. The second kappa shape index (κ2) is 4.30. The van der Waals surface area contributed by atoms with Crippen LogP contribution in [0.2, 0.25) is 0 Å². The lowest BCUT2D eigenvalue weighted by atomic mass is 10.2. The number of benzene rings is 1. The minimum Gasteiger partial charge on any atom is -0.398 e. The van der Waals surface area contributed by atoms with E-state index in [1.165, 1.54) is 12.3 Å². The predicted octanol–water partition coefficient (Wildman–Crippen LogP) is 1.51. The fourth-order valence-electron chi connectivity index (χ4n) is 1.33. The van der Waals surface area contributed by atoms with E-state index < -0.39 is 20.7 Å². The molecule has 0 atom stereocenters. The number of hydrogen-bond donors (Lipinski definition) is 2. The van der Waals surface area contributed by atoms with Gasteiger partial charge in [-0.3, -0.25) is 4.72 Å². The van der Waals surface area contributed by atoms with Gasteiger partial charge in [-0.1, -0.05) is 5.16 Å². The summed E-state index contributed by atoms with van der Waals surface area (Å²) in [6.45, 7) is 1.58. The predicted molar refractivity (Wildman–Crippen MR) is 62.9 cm³/mol. The van der Waals surface area contributed by atoms with E-state index >= 15 is 0 Å². The molecular weight excluding hydrogens is 261 g/mol. The summed E-state index contributed by atoms with van der Waals surface area (Å²) in [4.78, 5) is -0.534. The normalized spacial score (nSPS) is 11.4. The number of rotatable bonds is 3. The lowest BCUT2D eigenvalue weighted by molar-refractivity contribution is 0.423. The fraction of sp³-hybridized carbons (Fsp3) is 0.100. The van der Waals surface area contributed by atoms with Crippen molar-refractivity contribution in [2.24, 2.45) is 0 Å². The van der Waals surface area contributed by atoms with Crippen molar-refractivity contribution >= 4 is 21.5 Å². The Kier molecular flexibility index (Phi) is 2.95. The number of aryl methyl sites for hydroxylation is 1. The van der Waals surface area contributed by atoms with Crippen molar-refractivity contribution in [3.63, 3.8) is 0 Å². The van der Waals surface area contributed by atoms with Crippen LogP contribution in [0.1, 0.15) is 5.56 Å². The molecule has 8 heteroatoms. The summed E-state index contributed by atoms with van der Waals surface area (Å²) in [5, 5.41) is 3.38. The van der Waals surface area contributed by atoms with E-state index in [4.69, 9.17) is 5.73 Å². The van der Waals surface area contributed by atoms with E-state index in [9.17, 15) is 12.8 Å². The van der Waals surface area contributed by atoms with Crippen molar-refractivity contribution in [1.29, 1.82) is 0 Å². The van der Waals surface area contributed by atoms with Crippen LogP contribution in [-0.2, 0) is 10.0 Å². The molecule has 0 unspecified atom stereocenters. The Morgan fingerprint density at radius 3 is 2.78 bits per heavy atom. The summed E-state index contributed by atoms with van der Waals surface area (Å²) in [6.07, 6.45) is 1.19. The maximum atomic E-state index is 13.6. The Morgan fingerprint density at radius 2 is 2.17 bits per heavy atom. The minimum atomic E-state index is -4.08. The summed E-state index contributed by atoms with van der Waals surface area (Å²) < 4.78 is 44.0. The molecule has 0 amide bonds. The number of anilines is 2. The second-order valence-electron chi connectivity index (χ2n) is 3.63. The summed E-state index contributed by atoms with van der Waals surface area (Å²) >= 11 is 0. The molecule has 0 radical (unpaired) electrons. The van der Waals surface area contributed by atoms with Gasteiger partial charge in [0.15, 0.2) is 5.82 Å². The molecule has 3 N–H and O–H groups in total. The Labute approximate surface area is 103 Å². The zero-order valence-corrected chi connectivity index (χ0v) is 10.2. The van der Waals surface area contributed by atoms with Gasteiger partial charge in [-0.05, 0) is 24.6 Å². The number of nitrogen functional groups attached to an aromatic ring is 1. The number of nitrogens with one attached hydrogen (secondary N) is 1. The lowest BCUT2D eigenvalue weighted by Crippen LogP contribution is -2.15. The maximum absolute atomic E-state index is 13.6. The van der Waals surface area contributed by atoms with Gasteiger partial charge in [0.05, 0.1) is 0 Å². The zero-order chi connectivity index (χ0) is 13.3. The van der Waals surface area contributed by atoms with Gasteiger partial charge in [-0.25, -0.2) is 12.8 Å². The van der Waals surface area contributed by atoms with Gasteiger partial charge < -0.3 is 10.3 Å². The van der Waals surface area contributed by atoms with E-state index in [1.54, 1.807) is 6.92 Å². The molecule has 0 saturated carbocycles. The average Bonchev–Trinajstić information content (AvgIpc) is 2.75. The highest BCUT2D eigenvalue weighted by Gasteiger charge is 2.21. The molecule has 0 bridgehead atoms. The minimum absolute atomic E-state index is 0.0338. The van der Waals surface area contributed by atoms with Crippen molar-refractivity contribution in [2.75, 3.05) is 10.5 Å². The first-order valence-electron chi connectivity index (χ1n) is 4.89. The van der Waals surface area contributed by atoms with E-state index in [1.807, 2.05) is 0 Å². The monoisotopic (exact) mass is 271 g/mol. The first-order valence-corrected chi connectivity index (χ1v) is 6.37. The second-order valence-corrected chi connectivity index (χ2v) is 5.28. The quantitative estimate of drug-likeness (QED) is 0.824. The molecule has 0 aliphatic heterocycles. The van der Waals surface area contributed by atoms with Crippen molar-refractivity contribution in [3.05, 3.63) is 35.8 Å². The first kappa shape index (κ1) is 12.4. The van der Waals surface area contributed by atoms with Gasteiger partial charge in [-0.15, -0.1) is 0 Å². The van der Waals surface area contributed by atoms with Gasteiger partial charge in [-0.2, -0.15) is 0 Å². The Bertz CT molecular complexity index is 668.